The van der Waals surface area contributed by atoms with Crippen LogP contribution < -0.4 is 4.74 Å². The molecule has 148 valence electrons. The Morgan fingerprint density at radius 3 is 1.72 bits per heavy atom. The zero-order valence-electron chi connectivity index (χ0n) is 17.0. The summed E-state index contributed by atoms with van der Waals surface area (Å²) in [5.74, 6) is 0.213. The van der Waals surface area contributed by atoms with Gasteiger partial charge >= 0.3 is 0 Å². The van der Waals surface area contributed by atoms with Gasteiger partial charge in [0.15, 0.2) is 17.1 Å². The van der Waals surface area contributed by atoms with Crippen LogP contribution in [0, 0.1) is 0 Å². The van der Waals surface area contributed by atoms with Gasteiger partial charge in [0.05, 0.1) is 7.11 Å². The monoisotopic (exact) mass is 387 g/mol. The second-order valence-electron chi connectivity index (χ2n) is 7.17. The van der Waals surface area contributed by atoms with Crippen LogP contribution in [0.3, 0.4) is 0 Å². The Labute approximate surface area is 171 Å². The second-order valence-corrected chi connectivity index (χ2v) is 7.17. The minimum Gasteiger partial charge on any atom is -0.497 e. The van der Waals surface area contributed by atoms with E-state index in [4.69, 9.17) is 4.74 Å². The van der Waals surface area contributed by atoms with Crippen molar-refractivity contribution in [3.63, 3.8) is 0 Å². The van der Waals surface area contributed by atoms with Crippen LogP contribution in [0.25, 0.3) is 0 Å². The summed E-state index contributed by atoms with van der Waals surface area (Å²) in [7, 11) is 5.14. The molecule has 4 nitrogen and oxygen atoms in total. The Balaban J connectivity index is 2.14. The van der Waals surface area contributed by atoms with E-state index in [9.17, 15) is 9.59 Å². The molecule has 0 heterocycles. The van der Waals surface area contributed by atoms with Crippen LogP contribution in [0.2, 0.25) is 0 Å². The predicted molar refractivity (Wildman–Crippen MR) is 115 cm³/mol. The third kappa shape index (κ3) is 4.13. The number of likely N-dealkylation sites (N-methyl/N-ethyl adjacent to an activating group) is 1. The van der Waals surface area contributed by atoms with Crippen LogP contribution in [0.1, 0.15) is 26.3 Å². The van der Waals surface area contributed by atoms with Crippen molar-refractivity contribution in [1.82, 2.24) is 4.90 Å². The summed E-state index contributed by atoms with van der Waals surface area (Å²) >= 11 is 0. The molecule has 0 aliphatic carbocycles. The van der Waals surface area contributed by atoms with E-state index in [1.807, 2.05) is 48.5 Å². The molecule has 0 aliphatic rings. The van der Waals surface area contributed by atoms with Crippen LogP contribution in [0.5, 0.6) is 5.75 Å². The molecule has 0 amide bonds. The van der Waals surface area contributed by atoms with Crippen molar-refractivity contribution in [2.24, 2.45) is 0 Å². The van der Waals surface area contributed by atoms with Gasteiger partial charge < -0.3 is 4.74 Å². The number of hydrogen-bond donors (Lipinski definition) is 0. The van der Waals surface area contributed by atoms with Crippen LogP contribution >= 0.6 is 0 Å². The summed E-state index contributed by atoms with van der Waals surface area (Å²) in [6, 6.07) is 25.5. The van der Waals surface area contributed by atoms with Crippen LogP contribution in [0.15, 0.2) is 84.9 Å². The molecule has 3 rings (SSSR count). The van der Waals surface area contributed by atoms with E-state index in [1.165, 1.54) is 0 Å². The summed E-state index contributed by atoms with van der Waals surface area (Å²) in [6.07, 6.45) is 0.277. The van der Waals surface area contributed by atoms with Gasteiger partial charge in [-0.3, -0.25) is 14.5 Å². The standard InChI is InChI=1S/C25H25NO3/c1-26(2)25(18-19-10-6-4-7-11-19,23(27)20-12-8-5-9-13-20)24(28)21-14-16-22(29-3)17-15-21/h4-17H,18H2,1-3H3. The lowest BCUT2D eigenvalue weighted by atomic mass is 9.76. The van der Waals surface area contributed by atoms with E-state index in [2.05, 4.69) is 0 Å². The summed E-state index contributed by atoms with van der Waals surface area (Å²) < 4.78 is 5.21. The molecule has 1 unspecified atom stereocenters. The largest absolute Gasteiger partial charge is 0.497 e. The summed E-state index contributed by atoms with van der Waals surface area (Å²) in [4.78, 5) is 29.3. The number of nitrogens with zero attached hydrogens (tertiary/aromatic N) is 1. The molecule has 0 fully saturated rings. The van der Waals surface area contributed by atoms with E-state index in [-0.39, 0.29) is 18.0 Å². The normalized spacial score (nSPS) is 13.0. The quantitative estimate of drug-likeness (QED) is 0.427. The highest BCUT2D eigenvalue weighted by Crippen LogP contribution is 2.29. The predicted octanol–water partition coefficient (Wildman–Crippen LogP) is 4.30. The van der Waals surface area contributed by atoms with Crippen molar-refractivity contribution < 1.29 is 14.3 Å². The fraction of sp³-hybridized carbons (Fsp3) is 0.200. The third-order valence-electron chi connectivity index (χ3n) is 5.21. The number of hydrogen-bond acceptors (Lipinski definition) is 4. The molecular formula is C25H25NO3. The van der Waals surface area contributed by atoms with Gasteiger partial charge in [-0.15, -0.1) is 0 Å². The smallest absolute Gasteiger partial charge is 0.191 e. The van der Waals surface area contributed by atoms with Gasteiger partial charge in [0.1, 0.15) is 5.75 Å². The zero-order valence-corrected chi connectivity index (χ0v) is 17.0. The van der Waals surface area contributed by atoms with E-state index in [0.29, 0.717) is 16.9 Å². The highest BCUT2D eigenvalue weighted by atomic mass is 16.5. The van der Waals surface area contributed by atoms with Crippen LogP contribution in [-0.2, 0) is 6.42 Å². The average molecular weight is 387 g/mol. The van der Waals surface area contributed by atoms with Gasteiger partial charge in [0.2, 0.25) is 0 Å². The van der Waals surface area contributed by atoms with Gasteiger partial charge in [-0.05, 0) is 43.9 Å². The minimum absolute atomic E-state index is 0.215. The van der Waals surface area contributed by atoms with E-state index in [0.717, 1.165) is 5.56 Å². The number of ketones is 2. The summed E-state index contributed by atoms with van der Waals surface area (Å²) in [5, 5.41) is 0. The van der Waals surface area contributed by atoms with Crippen molar-refractivity contribution in [3.05, 3.63) is 102 Å². The van der Waals surface area contributed by atoms with Gasteiger partial charge in [-0.2, -0.15) is 0 Å². The van der Waals surface area contributed by atoms with Gasteiger partial charge in [-0.25, -0.2) is 0 Å². The molecule has 3 aromatic carbocycles. The second kappa shape index (κ2) is 8.84. The maximum absolute atomic E-state index is 13.8. The lowest BCUT2D eigenvalue weighted by Crippen LogP contribution is -2.59. The van der Waals surface area contributed by atoms with Crippen molar-refractivity contribution in [2.45, 2.75) is 12.0 Å². The maximum atomic E-state index is 13.8. The number of Topliss-reactive ketones (excluding diaryl/α,β-unsaturated/α-hetero) is 2. The Hall–Kier alpha value is -3.24. The van der Waals surface area contributed by atoms with Gasteiger partial charge in [0, 0.05) is 17.5 Å². The summed E-state index contributed by atoms with van der Waals surface area (Å²) in [5.41, 5.74) is 0.545. The Morgan fingerprint density at radius 2 is 1.24 bits per heavy atom. The molecule has 0 aromatic heterocycles. The van der Waals surface area contributed by atoms with E-state index >= 15 is 0 Å². The number of carbonyl (C=O) groups excluding carboxylic acids is 2. The van der Waals surface area contributed by atoms with Crippen molar-refractivity contribution in [1.29, 1.82) is 0 Å². The first kappa shape index (κ1) is 20.5. The molecule has 0 saturated carbocycles. The minimum atomic E-state index is -1.36. The maximum Gasteiger partial charge on any atom is 0.191 e. The van der Waals surface area contributed by atoms with Crippen LogP contribution in [-0.4, -0.2) is 43.2 Å². The fourth-order valence-corrected chi connectivity index (χ4v) is 3.53. The summed E-state index contributed by atoms with van der Waals surface area (Å²) in [6.45, 7) is 0. The highest BCUT2D eigenvalue weighted by molar-refractivity contribution is 6.23. The molecule has 0 N–H and O–H groups in total. The lowest BCUT2D eigenvalue weighted by Gasteiger charge is -2.37. The average Bonchev–Trinajstić information content (AvgIpc) is 2.77. The van der Waals surface area contributed by atoms with Crippen molar-refractivity contribution in [3.8, 4) is 5.75 Å². The SMILES string of the molecule is COc1ccc(C(=O)C(Cc2ccccc2)(C(=O)c2ccccc2)N(C)C)cc1. The molecule has 1 atom stereocenters. The molecule has 0 bridgehead atoms. The van der Waals surface area contributed by atoms with E-state index in [1.54, 1.807) is 62.5 Å². The highest BCUT2D eigenvalue weighted by Gasteiger charge is 2.48. The molecule has 0 aliphatic heterocycles. The van der Waals surface area contributed by atoms with Crippen LogP contribution in [0.4, 0.5) is 0 Å². The molecule has 3 aromatic rings. The van der Waals surface area contributed by atoms with Gasteiger partial charge in [-0.1, -0.05) is 60.7 Å². The molecule has 0 saturated heterocycles. The Kier molecular flexibility index (Phi) is 6.25. The lowest BCUT2D eigenvalue weighted by molar-refractivity contribution is 0.0563. The molecule has 29 heavy (non-hydrogen) atoms. The Morgan fingerprint density at radius 1 is 0.759 bits per heavy atom. The Bertz CT molecular complexity index is 966. The molecule has 0 spiro atoms. The van der Waals surface area contributed by atoms with Crippen molar-refractivity contribution in [2.75, 3.05) is 21.2 Å². The number of benzene rings is 3. The number of methoxy groups -OCH3 is 1. The molecular weight excluding hydrogens is 362 g/mol. The molecule has 0 radical (unpaired) electrons. The number of rotatable bonds is 8. The van der Waals surface area contributed by atoms with E-state index < -0.39 is 5.54 Å². The number of carbonyl (C=O) groups is 2. The third-order valence-corrected chi connectivity index (χ3v) is 5.21. The first-order chi connectivity index (χ1) is 14.0. The molecule has 4 heteroatoms. The first-order valence-electron chi connectivity index (χ1n) is 9.49. The zero-order chi connectivity index (χ0) is 20.9. The van der Waals surface area contributed by atoms with Crippen molar-refractivity contribution >= 4 is 11.6 Å². The topological polar surface area (TPSA) is 46.6 Å². The first-order valence-corrected chi connectivity index (χ1v) is 9.49. The fourth-order valence-electron chi connectivity index (χ4n) is 3.53. The number of ether oxygens (including phenoxy) is 1. The van der Waals surface area contributed by atoms with Gasteiger partial charge in [0.25, 0.3) is 0 Å².